The molecule has 0 aliphatic heterocycles. The summed E-state index contributed by atoms with van der Waals surface area (Å²) in [6.45, 7) is 0.321. The van der Waals surface area contributed by atoms with E-state index in [1.807, 2.05) is 0 Å². The molecule has 7 nitrogen and oxygen atoms in total. The number of carboxylic acid groups (broad SMARTS) is 1. The lowest BCUT2D eigenvalue weighted by Gasteiger charge is -2.05. The molecule has 92 valence electrons. The van der Waals surface area contributed by atoms with Gasteiger partial charge in [0, 0.05) is 29.7 Å². The zero-order chi connectivity index (χ0) is 12.8. The maximum atomic E-state index is 10.7. The second-order valence-corrected chi connectivity index (χ2v) is 4.12. The Hall–Kier alpha value is -1.70. The van der Waals surface area contributed by atoms with Crippen molar-refractivity contribution in [1.82, 2.24) is 4.98 Å². The molecule has 1 heterocycles. The van der Waals surface area contributed by atoms with Crippen molar-refractivity contribution in [3.05, 3.63) is 26.9 Å². The summed E-state index contributed by atoms with van der Waals surface area (Å²) in [7, 11) is 0. The van der Waals surface area contributed by atoms with Crippen LogP contribution in [0.15, 0.2) is 16.7 Å². The van der Waals surface area contributed by atoms with Gasteiger partial charge in [-0.1, -0.05) is 0 Å². The third kappa shape index (κ3) is 4.35. The van der Waals surface area contributed by atoms with Crippen LogP contribution in [0, 0.1) is 10.1 Å². The minimum atomic E-state index is -0.898. The van der Waals surface area contributed by atoms with Crippen molar-refractivity contribution in [3.63, 3.8) is 0 Å². The predicted octanol–water partition coefficient (Wildman–Crippen LogP) is 2.03. The lowest BCUT2D eigenvalue weighted by molar-refractivity contribution is -0.384. The zero-order valence-corrected chi connectivity index (χ0v) is 10.3. The highest BCUT2D eigenvalue weighted by Gasteiger charge is 2.15. The summed E-state index contributed by atoms with van der Waals surface area (Å²) in [5.74, 6) is -0.756. The third-order valence-electron chi connectivity index (χ3n) is 1.89. The summed E-state index contributed by atoms with van der Waals surface area (Å²) in [4.78, 5) is 24.3. The first-order valence-corrected chi connectivity index (χ1v) is 5.55. The number of carboxylic acids is 1. The number of nitrogens with zero attached hydrogens (tertiary/aromatic N) is 2. The Bertz CT molecular complexity index is 438. The summed E-state index contributed by atoms with van der Waals surface area (Å²) >= 11 is 3.09. The smallest absolute Gasteiger partial charge is 0.312 e. The molecular formula is C9H10BrN3O4. The number of nitrogens with one attached hydrogen (secondary N) is 1. The summed E-state index contributed by atoms with van der Waals surface area (Å²) in [6, 6.07) is 1.34. The van der Waals surface area contributed by atoms with Crippen molar-refractivity contribution in [2.24, 2.45) is 0 Å². The van der Waals surface area contributed by atoms with Gasteiger partial charge in [0.05, 0.1) is 4.92 Å². The molecular weight excluding hydrogens is 294 g/mol. The van der Waals surface area contributed by atoms with Crippen LogP contribution in [-0.4, -0.2) is 27.5 Å². The number of halogens is 1. The number of hydrogen-bond donors (Lipinski definition) is 2. The molecule has 0 saturated carbocycles. The largest absolute Gasteiger partial charge is 0.481 e. The molecule has 0 aliphatic rings. The Kier molecular flexibility index (Phi) is 4.83. The molecule has 2 N–H and O–H groups in total. The second kappa shape index (κ2) is 6.14. The highest BCUT2D eigenvalue weighted by molar-refractivity contribution is 9.10. The van der Waals surface area contributed by atoms with Crippen LogP contribution >= 0.6 is 15.9 Å². The number of nitro groups is 1. The van der Waals surface area contributed by atoms with Gasteiger partial charge in [-0.05, 0) is 22.4 Å². The highest BCUT2D eigenvalue weighted by atomic mass is 79.9. The van der Waals surface area contributed by atoms with E-state index in [1.165, 1.54) is 12.3 Å². The van der Waals surface area contributed by atoms with Crippen molar-refractivity contribution in [1.29, 1.82) is 0 Å². The molecule has 1 rings (SSSR count). The number of carbonyl (C=O) groups is 1. The molecule has 0 atom stereocenters. The summed E-state index contributed by atoms with van der Waals surface area (Å²) in [6.07, 6.45) is 1.83. The standard InChI is InChI=1S/C9H10BrN3O4/c10-6-4-7(13(16)17)9(12-5-6)11-3-1-2-8(14)15/h4-5H,1-3H2,(H,11,12)(H,14,15). The van der Waals surface area contributed by atoms with E-state index < -0.39 is 10.9 Å². The minimum Gasteiger partial charge on any atom is -0.481 e. The molecule has 1 aromatic heterocycles. The molecule has 8 heteroatoms. The first kappa shape index (κ1) is 13.4. The number of pyridine rings is 1. The van der Waals surface area contributed by atoms with Crippen LogP contribution in [-0.2, 0) is 4.79 Å². The van der Waals surface area contributed by atoms with Gasteiger partial charge < -0.3 is 10.4 Å². The van der Waals surface area contributed by atoms with Crippen LogP contribution in [0.5, 0.6) is 0 Å². The van der Waals surface area contributed by atoms with Crippen molar-refractivity contribution in [2.75, 3.05) is 11.9 Å². The highest BCUT2D eigenvalue weighted by Crippen LogP contribution is 2.25. The molecule has 0 saturated heterocycles. The van der Waals surface area contributed by atoms with Crippen LogP contribution in [0.25, 0.3) is 0 Å². The number of anilines is 1. The number of rotatable bonds is 6. The number of aliphatic carboxylic acids is 1. The molecule has 0 aromatic carbocycles. The van der Waals surface area contributed by atoms with Crippen LogP contribution in [0.3, 0.4) is 0 Å². The number of aromatic nitrogens is 1. The van der Waals surface area contributed by atoms with Gasteiger partial charge in [-0.15, -0.1) is 0 Å². The molecule has 0 radical (unpaired) electrons. The Morgan fingerprint density at radius 3 is 2.94 bits per heavy atom. The van der Waals surface area contributed by atoms with Crippen molar-refractivity contribution < 1.29 is 14.8 Å². The molecule has 17 heavy (non-hydrogen) atoms. The quantitative estimate of drug-likeness (QED) is 0.473. The minimum absolute atomic E-state index is 0.0112. The first-order chi connectivity index (χ1) is 8.00. The van der Waals surface area contributed by atoms with Gasteiger partial charge in [-0.25, -0.2) is 4.98 Å². The molecule has 0 fully saturated rings. The summed E-state index contributed by atoms with van der Waals surface area (Å²) in [5, 5.41) is 21.9. The van der Waals surface area contributed by atoms with Crippen LogP contribution in [0.1, 0.15) is 12.8 Å². The van der Waals surface area contributed by atoms with Crippen LogP contribution in [0.2, 0.25) is 0 Å². The topological polar surface area (TPSA) is 105 Å². The van der Waals surface area contributed by atoms with Gasteiger partial charge in [-0.3, -0.25) is 14.9 Å². The second-order valence-electron chi connectivity index (χ2n) is 3.20. The predicted molar refractivity (Wildman–Crippen MR) is 64.0 cm³/mol. The van der Waals surface area contributed by atoms with Crippen LogP contribution in [0.4, 0.5) is 11.5 Å². The van der Waals surface area contributed by atoms with Gasteiger partial charge in [0.2, 0.25) is 5.82 Å². The van der Waals surface area contributed by atoms with Crippen molar-refractivity contribution >= 4 is 33.4 Å². The normalized spacial score (nSPS) is 9.94. The number of hydrogen-bond acceptors (Lipinski definition) is 5. The fraction of sp³-hybridized carbons (Fsp3) is 0.333. The zero-order valence-electron chi connectivity index (χ0n) is 8.72. The SMILES string of the molecule is O=C(O)CCCNc1ncc(Br)cc1[N+](=O)[O-]. The van der Waals surface area contributed by atoms with E-state index in [0.717, 1.165) is 0 Å². The summed E-state index contributed by atoms with van der Waals surface area (Å²) < 4.78 is 0.514. The van der Waals surface area contributed by atoms with Gasteiger partial charge in [0.15, 0.2) is 0 Å². The molecule has 1 aromatic rings. The fourth-order valence-electron chi connectivity index (χ4n) is 1.15. The van der Waals surface area contributed by atoms with E-state index in [1.54, 1.807) is 0 Å². The Morgan fingerprint density at radius 1 is 1.65 bits per heavy atom. The average molecular weight is 304 g/mol. The molecule has 0 unspecified atom stereocenters. The fourth-order valence-corrected chi connectivity index (χ4v) is 1.47. The lowest BCUT2D eigenvalue weighted by Crippen LogP contribution is -2.08. The summed E-state index contributed by atoms with van der Waals surface area (Å²) in [5.41, 5.74) is -0.144. The van der Waals surface area contributed by atoms with Crippen molar-refractivity contribution in [2.45, 2.75) is 12.8 Å². The van der Waals surface area contributed by atoms with E-state index in [2.05, 4.69) is 26.2 Å². The third-order valence-corrected chi connectivity index (χ3v) is 2.32. The average Bonchev–Trinajstić information content (AvgIpc) is 2.25. The lowest BCUT2D eigenvalue weighted by atomic mass is 10.3. The van der Waals surface area contributed by atoms with E-state index >= 15 is 0 Å². The Labute approximate surface area is 105 Å². The molecule has 0 spiro atoms. The van der Waals surface area contributed by atoms with E-state index in [4.69, 9.17) is 5.11 Å². The van der Waals surface area contributed by atoms with E-state index in [9.17, 15) is 14.9 Å². The van der Waals surface area contributed by atoms with Gasteiger partial charge in [0.1, 0.15) is 0 Å². The first-order valence-electron chi connectivity index (χ1n) is 4.76. The van der Waals surface area contributed by atoms with Gasteiger partial charge in [-0.2, -0.15) is 0 Å². The maximum Gasteiger partial charge on any atom is 0.312 e. The molecule has 0 bridgehead atoms. The monoisotopic (exact) mass is 303 g/mol. The van der Waals surface area contributed by atoms with Crippen LogP contribution < -0.4 is 5.32 Å². The van der Waals surface area contributed by atoms with E-state index in [0.29, 0.717) is 17.4 Å². The van der Waals surface area contributed by atoms with Crippen molar-refractivity contribution in [3.8, 4) is 0 Å². The van der Waals surface area contributed by atoms with E-state index in [-0.39, 0.29) is 17.9 Å². The molecule has 0 amide bonds. The van der Waals surface area contributed by atoms with Gasteiger partial charge >= 0.3 is 11.7 Å². The maximum absolute atomic E-state index is 10.7. The Morgan fingerprint density at radius 2 is 2.35 bits per heavy atom. The Balaban J connectivity index is 2.64. The van der Waals surface area contributed by atoms with Gasteiger partial charge in [0.25, 0.3) is 0 Å². The molecule has 0 aliphatic carbocycles.